The summed E-state index contributed by atoms with van der Waals surface area (Å²) < 4.78 is 27.3. The Bertz CT molecular complexity index is 779. The lowest BCUT2D eigenvalue weighted by molar-refractivity contribution is 0.601. The Hall–Kier alpha value is -1.34. The van der Waals surface area contributed by atoms with Crippen molar-refractivity contribution in [3.63, 3.8) is 0 Å². The van der Waals surface area contributed by atoms with Gasteiger partial charge >= 0.3 is 0 Å². The van der Waals surface area contributed by atoms with Crippen LogP contribution in [0.2, 0.25) is 10.0 Å². The van der Waals surface area contributed by atoms with Crippen molar-refractivity contribution in [2.24, 2.45) is 5.73 Å². The molecule has 0 aliphatic carbocycles. The maximum absolute atomic E-state index is 12.4. The first-order valence-corrected chi connectivity index (χ1v) is 8.22. The lowest BCUT2D eigenvalue weighted by Crippen LogP contribution is -2.15. The van der Waals surface area contributed by atoms with E-state index in [2.05, 4.69) is 9.71 Å². The minimum atomic E-state index is -3.85. The molecule has 0 amide bonds. The van der Waals surface area contributed by atoms with Gasteiger partial charge in [0.15, 0.2) is 0 Å². The first kappa shape index (κ1) is 16.0. The summed E-state index contributed by atoms with van der Waals surface area (Å²) in [5.74, 6) is 0. The van der Waals surface area contributed by atoms with E-state index >= 15 is 0 Å². The Kier molecular flexibility index (Phi) is 4.73. The molecule has 1 heterocycles. The van der Waals surface area contributed by atoms with E-state index in [0.717, 1.165) is 0 Å². The van der Waals surface area contributed by atoms with Gasteiger partial charge in [-0.3, -0.25) is 9.71 Å². The maximum Gasteiger partial charge on any atom is 0.263 e. The minimum Gasteiger partial charge on any atom is -0.326 e. The number of benzene rings is 1. The lowest BCUT2D eigenvalue weighted by atomic mass is 10.2. The van der Waals surface area contributed by atoms with Crippen LogP contribution in [0.1, 0.15) is 11.3 Å². The smallest absolute Gasteiger partial charge is 0.263 e. The van der Waals surface area contributed by atoms with Gasteiger partial charge in [-0.2, -0.15) is 0 Å². The van der Waals surface area contributed by atoms with E-state index in [1.165, 1.54) is 12.1 Å². The van der Waals surface area contributed by atoms with Gasteiger partial charge in [-0.1, -0.05) is 23.2 Å². The van der Waals surface area contributed by atoms with Crippen LogP contribution >= 0.6 is 23.2 Å². The molecule has 1 aromatic carbocycles. The highest BCUT2D eigenvalue weighted by Crippen LogP contribution is 2.31. The topological polar surface area (TPSA) is 85.1 Å². The van der Waals surface area contributed by atoms with Gasteiger partial charge in [-0.15, -0.1) is 0 Å². The van der Waals surface area contributed by atoms with Crippen molar-refractivity contribution in [3.05, 3.63) is 51.8 Å². The molecule has 0 unspecified atom stereocenters. The Morgan fingerprint density at radius 1 is 1.29 bits per heavy atom. The first-order valence-electron chi connectivity index (χ1n) is 5.98. The molecule has 0 aliphatic rings. The molecular formula is C13H13Cl2N3O2S. The molecule has 0 spiro atoms. The maximum atomic E-state index is 12.4. The predicted octanol–water partition coefficient (Wildman–Crippen LogP) is 2.96. The molecule has 0 aliphatic heterocycles. The molecule has 0 saturated heterocycles. The normalized spacial score (nSPS) is 11.4. The monoisotopic (exact) mass is 345 g/mol. The van der Waals surface area contributed by atoms with E-state index in [-0.39, 0.29) is 16.5 Å². The minimum absolute atomic E-state index is 0.0269. The van der Waals surface area contributed by atoms with E-state index in [1.807, 2.05) is 0 Å². The van der Waals surface area contributed by atoms with Crippen molar-refractivity contribution >= 4 is 38.9 Å². The van der Waals surface area contributed by atoms with Crippen LogP contribution < -0.4 is 10.5 Å². The molecular weight excluding hydrogens is 333 g/mol. The van der Waals surface area contributed by atoms with Crippen LogP contribution in [0.15, 0.2) is 35.4 Å². The van der Waals surface area contributed by atoms with Gasteiger partial charge in [-0.25, -0.2) is 8.42 Å². The number of aromatic nitrogens is 1. The van der Waals surface area contributed by atoms with Gasteiger partial charge in [0.05, 0.1) is 16.4 Å². The van der Waals surface area contributed by atoms with Crippen molar-refractivity contribution in [1.82, 2.24) is 4.98 Å². The average Bonchev–Trinajstić information content (AvgIpc) is 2.41. The Labute approximate surface area is 133 Å². The third-order valence-electron chi connectivity index (χ3n) is 2.90. The number of pyridine rings is 1. The Morgan fingerprint density at radius 2 is 2.00 bits per heavy atom. The number of aryl methyl sites for hydroxylation is 1. The SMILES string of the molecule is Cc1ncccc1NS(=O)(=O)c1ccc(Cl)c(CN)c1Cl. The number of halogens is 2. The molecule has 0 atom stereocenters. The molecule has 0 radical (unpaired) electrons. The molecule has 0 saturated carbocycles. The van der Waals surface area contributed by atoms with Gasteiger partial charge in [0.25, 0.3) is 10.0 Å². The molecule has 2 aromatic rings. The van der Waals surface area contributed by atoms with Gasteiger partial charge < -0.3 is 5.73 Å². The molecule has 5 nitrogen and oxygen atoms in total. The highest BCUT2D eigenvalue weighted by Gasteiger charge is 2.22. The Balaban J connectivity index is 2.48. The summed E-state index contributed by atoms with van der Waals surface area (Å²) in [6.45, 7) is 1.75. The fourth-order valence-electron chi connectivity index (χ4n) is 1.76. The number of hydrogen-bond acceptors (Lipinski definition) is 4. The second-order valence-electron chi connectivity index (χ2n) is 4.28. The molecule has 0 bridgehead atoms. The van der Waals surface area contributed by atoms with E-state index in [9.17, 15) is 8.42 Å². The van der Waals surface area contributed by atoms with E-state index in [0.29, 0.717) is 22.0 Å². The molecule has 8 heteroatoms. The number of nitrogens with zero attached hydrogens (tertiary/aromatic N) is 1. The van der Waals surface area contributed by atoms with Crippen LogP contribution in [0, 0.1) is 6.92 Å². The number of sulfonamides is 1. The molecule has 112 valence electrons. The van der Waals surface area contributed by atoms with Crippen molar-refractivity contribution in [1.29, 1.82) is 0 Å². The van der Waals surface area contributed by atoms with Gasteiger partial charge in [0.1, 0.15) is 4.90 Å². The summed E-state index contributed by atoms with van der Waals surface area (Å²) in [6.07, 6.45) is 1.58. The van der Waals surface area contributed by atoms with Gasteiger partial charge in [0.2, 0.25) is 0 Å². The second-order valence-corrected chi connectivity index (χ2v) is 6.72. The van der Waals surface area contributed by atoms with Crippen LogP contribution in [0.25, 0.3) is 0 Å². The van der Waals surface area contributed by atoms with Crippen LogP contribution in [-0.4, -0.2) is 13.4 Å². The van der Waals surface area contributed by atoms with Crippen LogP contribution in [0.5, 0.6) is 0 Å². The van der Waals surface area contributed by atoms with E-state index in [1.54, 1.807) is 25.3 Å². The molecule has 2 rings (SSSR count). The highest BCUT2D eigenvalue weighted by molar-refractivity contribution is 7.92. The molecule has 21 heavy (non-hydrogen) atoms. The third-order valence-corrected chi connectivity index (χ3v) is 5.20. The zero-order chi connectivity index (χ0) is 15.6. The molecule has 3 N–H and O–H groups in total. The number of nitrogens with two attached hydrogens (primary N) is 1. The summed E-state index contributed by atoms with van der Waals surface area (Å²) in [7, 11) is -3.85. The summed E-state index contributed by atoms with van der Waals surface area (Å²) in [6, 6.07) is 6.06. The number of nitrogens with one attached hydrogen (secondary N) is 1. The van der Waals surface area contributed by atoms with Crippen molar-refractivity contribution in [3.8, 4) is 0 Å². The number of hydrogen-bond donors (Lipinski definition) is 2. The number of anilines is 1. The van der Waals surface area contributed by atoms with Gasteiger partial charge in [0, 0.05) is 23.3 Å². The molecule has 0 fully saturated rings. The van der Waals surface area contributed by atoms with Crippen LogP contribution in [0.3, 0.4) is 0 Å². The fraction of sp³-hybridized carbons (Fsp3) is 0.154. The first-order chi connectivity index (χ1) is 9.86. The van der Waals surface area contributed by atoms with Gasteiger partial charge in [-0.05, 0) is 31.2 Å². The zero-order valence-electron chi connectivity index (χ0n) is 11.1. The summed E-state index contributed by atoms with van der Waals surface area (Å²) in [5.41, 5.74) is 6.89. The summed E-state index contributed by atoms with van der Waals surface area (Å²) in [4.78, 5) is 3.95. The molecule has 1 aromatic heterocycles. The second kappa shape index (κ2) is 6.19. The average molecular weight is 346 g/mol. The van der Waals surface area contributed by atoms with Crippen LogP contribution in [0.4, 0.5) is 5.69 Å². The zero-order valence-corrected chi connectivity index (χ0v) is 13.4. The number of rotatable bonds is 4. The fourth-order valence-corrected chi connectivity index (χ4v) is 3.81. The lowest BCUT2D eigenvalue weighted by Gasteiger charge is -2.13. The quantitative estimate of drug-likeness (QED) is 0.891. The van der Waals surface area contributed by atoms with Crippen molar-refractivity contribution in [2.45, 2.75) is 18.4 Å². The Morgan fingerprint density at radius 3 is 2.62 bits per heavy atom. The van der Waals surface area contributed by atoms with E-state index in [4.69, 9.17) is 28.9 Å². The van der Waals surface area contributed by atoms with E-state index < -0.39 is 10.0 Å². The van der Waals surface area contributed by atoms with Crippen LogP contribution in [-0.2, 0) is 16.6 Å². The van der Waals surface area contributed by atoms with Crippen molar-refractivity contribution < 1.29 is 8.42 Å². The third kappa shape index (κ3) is 3.29. The predicted molar refractivity (Wildman–Crippen MR) is 84.1 cm³/mol. The highest BCUT2D eigenvalue weighted by atomic mass is 35.5. The standard InChI is InChI=1S/C13H13Cl2N3O2S/c1-8-11(3-2-6-17-8)18-21(19,20)12-5-4-10(14)9(7-16)13(12)15/h2-6,18H,7,16H2,1H3. The van der Waals surface area contributed by atoms with Crippen molar-refractivity contribution in [2.75, 3.05) is 4.72 Å². The largest absolute Gasteiger partial charge is 0.326 e. The summed E-state index contributed by atoms with van der Waals surface area (Å²) >= 11 is 12.1. The summed E-state index contributed by atoms with van der Waals surface area (Å²) in [5, 5.41) is 0.359.